The minimum atomic E-state index is -0.149. The first-order chi connectivity index (χ1) is 9.06. The van der Waals surface area contributed by atoms with Gasteiger partial charge in [-0.1, -0.05) is 19.8 Å². The van der Waals surface area contributed by atoms with Crippen LogP contribution in [-0.2, 0) is 14.4 Å². The van der Waals surface area contributed by atoms with Crippen LogP contribution in [0.2, 0.25) is 0 Å². The summed E-state index contributed by atoms with van der Waals surface area (Å²) in [6.45, 7) is 2.44. The molecule has 1 saturated heterocycles. The molecule has 106 valence electrons. The van der Waals surface area contributed by atoms with Crippen molar-refractivity contribution in [2.75, 3.05) is 6.54 Å². The predicted molar refractivity (Wildman–Crippen MR) is 70.1 cm³/mol. The molecule has 0 bridgehead atoms. The number of amides is 3. The molecule has 0 unspecified atom stereocenters. The monoisotopic (exact) mass is 266 g/mol. The fourth-order valence-electron chi connectivity index (χ4n) is 2.95. The quantitative estimate of drug-likeness (QED) is 0.778. The van der Waals surface area contributed by atoms with Crippen LogP contribution in [0.4, 0.5) is 0 Å². The average Bonchev–Trinajstić information content (AvgIpc) is 2.67. The topological polar surface area (TPSA) is 66.5 Å². The fourth-order valence-corrected chi connectivity index (χ4v) is 2.95. The second-order valence-electron chi connectivity index (χ2n) is 5.73. The molecule has 2 aliphatic rings. The Bertz CT molecular complexity index is 365. The lowest BCUT2D eigenvalue weighted by Gasteiger charge is -2.27. The maximum absolute atomic E-state index is 11.8. The number of carbonyl (C=O) groups is 3. The van der Waals surface area contributed by atoms with E-state index in [1.807, 2.05) is 0 Å². The van der Waals surface area contributed by atoms with Gasteiger partial charge in [0.15, 0.2) is 0 Å². The van der Waals surface area contributed by atoms with E-state index in [4.69, 9.17) is 0 Å². The molecule has 1 saturated carbocycles. The summed E-state index contributed by atoms with van der Waals surface area (Å²) >= 11 is 0. The van der Waals surface area contributed by atoms with Crippen LogP contribution >= 0.6 is 0 Å². The Kier molecular flexibility index (Phi) is 4.56. The molecule has 1 aliphatic heterocycles. The lowest BCUT2D eigenvalue weighted by Crippen LogP contribution is -2.40. The largest absolute Gasteiger partial charge is 0.353 e. The van der Waals surface area contributed by atoms with Crippen LogP contribution in [0.1, 0.15) is 51.9 Å². The molecule has 1 heterocycles. The van der Waals surface area contributed by atoms with Gasteiger partial charge in [-0.3, -0.25) is 19.3 Å². The van der Waals surface area contributed by atoms with Crippen molar-refractivity contribution < 1.29 is 14.4 Å². The Labute approximate surface area is 113 Å². The molecule has 5 nitrogen and oxygen atoms in total. The van der Waals surface area contributed by atoms with Crippen LogP contribution in [0.5, 0.6) is 0 Å². The van der Waals surface area contributed by atoms with Crippen molar-refractivity contribution in [3.63, 3.8) is 0 Å². The van der Waals surface area contributed by atoms with Crippen molar-refractivity contribution >= 4 is 17.7 Å². The number of hydrogen-bond donors (Lipinski definition) is 1. The Morgan fingerprint density at radius 3 is 2.58 bits per heavy atom. The highest BCUT2D eigenvalue weighted by Gasteiger charge is 2.29. The van der Waals surface area contributed by atoms with Gasteiger partial charge < -0.3 is 5.32 Å². The van der Waals surface area contributed by atoms with Gasteiger partial charge in [-0.25, -0.2) is 0 Å². The fraction of sp³-hybridized carbons (Fsp3) is 0.786. The summed E-state index contributed by atoms with van der Waals surface area (Å²) in [5.41, 5.74) is 0. The van der Waals surface area contributed by atoms with Gasteiger partial charge in [0.25, 0.3) is 0 Å². The molecule has 2 atom stereocenters. The smallest absolute Gasteiger partial charge is 0.229 e. The zero-order chi connectivity index (χ0) is 13.8. The molecule has 19 heavy (non-hydrogen) atoms. The molecule has 1 aliphatic carbocycles. The van der Waals surface area contributed by atoms with Crippen LogP contribution in [0.3, 0.4) is 0 Å². The van der Waals surface area contributed by atoms with E-state index in [0.29, 0.717) is 18.8 Å². The van der Waals surface area contributed by atoms with Crippen LogP contribution in [-0.4, -0.2) is 35.2 Å². The molecule has 0 aromatic rings. The standard InChI is InChI=1S/C14H22N2O3/c1-10-3-2-4-11(9-10)15-12(17)7-8-16-13(18)5-6-14(16)19/h10-11H,2-9H2,1H3,(H,15,17)/t10-,11-/m1/s1. The molecule has 0 radical (unpaired) electrons. The summed E-state index contributed by atoms with van der Waals surface area (Å²) in [6, 6.07) is 0.265. The summed E-state index contributed by atoms with van der Waals surface area (Å²) < 4.78 is 0. The lowest BCUT2D eigenvalue weighted by atomic mass is 9.87. The number of likely N-dealkylation sites (tertiary alicyclic amines) is 1. The lowest BCUT2D eigenvalue weighted by molar-refractivity contribution is -0.138. The normalized spacial score (nSPS) is 27.7. The van der Waals surface area contributed by atoms with Crippen molar-refractivity contribution in [2.45, 2.75) is 57.9 Å². The van der Waals surface area contributed by atoms with Crippen LogP contribution in [0.15, 0.2) is 0 Å². The van der Waals surface area contributed by atoms with Crippen LogP contribution in [0, 0.1) is 5.92 Å². The minimum absolute atomic E-state index is 0.0494. The first-order valence-corrected chi connectivity index (χ1v) is 7.19. The van der Waals surface area contributed by atoms with Crippen molar-refractivity contribution in [1.29, 1.82) is 0 Å². The van der Waals surface area contributed by atoms with Crippen LogP contribution < -0.4 is 5.32 Å². The third kappa shape index (κ3) is 3.78. The molecule has 0 aromatic carbocycles. The highest BCUT2D eigenvalue weighted by molar-refractivity contribution is 6.02. The van der Waals surface area contributed by atoms with Crippen molar-refractivity contribution in [1.82, 2.24) is 10.2 Å². The Morgan fingerprint density at radius 2 is 1.95 bits per heavy atom. The maximum atomic E-state index is 11.8. The minimum Gasteiger partial charge on any atom is -0.353 e. The highest BCUT2D eigenvalue weighted by atomic mass is 16.2. The molecular weight excluding hydrogens is 244 g/mol. The first kappa shape index (κ1) is 14.0. The summed E-state index contributed by atoms with van der Waals surface area (Å²) in [5, 5.41) is 3.01. The van der Waals surface area contributed by atoms with Gasteiger partial charge in [-0.15, -0.1) is 0 Å². The van der Waals surface area contributed by atoms with E-state index in [0.717, 1.165) is 19.3 Å². The van der Waals surface area contributed by atoms with Gasteiger partial charge in [-0.05, 0) is 18.8 Å². The van der Waals surface area contributed by atoms with Gasteiger partial charge in [0.05, 0.1) is 0 Å². The zero-order valence-corrected chi connectivity index (χ0v) is 11.5. The van der Waals surface area contributed by atoms with Crippen LogP contribution in [0.25, 0.3) is 0 Å². The van der Waals surface area contributed by atoms with E-state index < -0.39 is 0 Å². The van der Waals surface area contributed by atoms with Gasteiger partial charge in [0, 0.05) is 31.8 Å². The van der Waals surface area contributed by atoms with E-state index >= 15 is 0 Å². The van der Waals surface area contributed by atoms with Crippen molar-refractivity contribution in [3.8, 4) is 0 Å². The maximum Gasteiger partial charge on any atom is 0.229 e. The molecule has 1 N–H and O–H groups in total. The summed E-state index contributed by atoms with van der Waals surface area (Å²) in [5.74, 6) is 0.320. The summed E-state index contributed by atoms with van der Waals surface area (Å²) in [7, 11) is 0. The molecule has 3 amide bonds. The molecular formula is C14H22N2O3. The third-order valence-corrected chi connectivity index (χ3v) is 4.02. The second kappa shape index (κ2) is 6.17. The van der Waals surface area contributed by atoms with E-state index in [9.17, 15) is 14.4 Å². The predicted octanol–water partition coefficient (Wildman–Crippen LogP) is 1.22. The number of hydrogen-bond acceptors (Lipinski definition) is 3. The number of carbonyl (C=O) groups excluding carboxylic acids is 3. The van der Waals surface area contributed by atoms with E-state index in [1.165, 1.54) is 11.3 Å². The van der Waals surface area contributed by atoms with Crippen molar-refractivity contribution in [3.05, 3.63) is 0 Å². The van der Waals surface area contributed by atoms with Gasteiger partial charge in [-0.2, -0.15) is 0 Å². The zero-order valence-electron chi connectivity index (χ0n) is 11.5. The molecule has 5 heteroatoms. The Hall–Kier alpha value is -1.39. The Morgan fingerprint density at radius 1 is 1.26 bits per heavy atom. The first-order valence-electron chi connectivity index (χ1n) is 7.19. The molecule has 0 aromatic heterocycles. The van der Waals surface area contributed by atoms with Gasteiger partial charge in [0.1, 0.15) is 0 Å². The second-order valence-corrected chi connectivity index (χ2v) is 5.73. The van der Waals surface area contributed by atoms with Gasteiger partial charge >= 0.3 is 0 Å². The van der Waals surface area contributed by atoms with Gasteiger partial charge in [0.2, 0.25) is 17.7 Å². The third-order valence-electron chi connectivity index (χ3n) is 4.02. The number of rotatable bonds is 4. The number of imide groups is 1. The summed E-state index contributed by atoms with van der Waals surface area (Å²) in [4.78, 5) is 35.8. The highest BCUT2D eigenvalue weighted by Crippen LogP contribution is 2.23. The van der Waals surface area contributed by atoms with E-state index in [-0.39, 0.29) is 36.7 Å². The van der Waals surface area contributed by atoms with E-state index in [2.05, 4.69) is 12.2 Å². The number of nitrogens with zero attached hydrogens (tertiary/aromatic N) is 1. The molecule has 2 rings (SSSR count). The number of nitrogens with one attached hydrogen (secondary N) is 1. The average molecular weight is 266 g/mol. The van der Waals surface area contributed by atoms with E-state index in [1.54, 1.807) is 0 Å². The molecule has 2 fully saturated rings. The molecule has 0 spiro atoms. The van der Waals surface area contributed by atoms with Crippen molar-refractivity contribution in [2.24, 2.45) is 5.92 Å². The summed E-state index contributed by atoms with van der Waals surface area (Å²) in [6.07, 6.45) is 5.28. The SMILES string of the molecule is C[C@@H]1CCC[C@@H](NC(=O)CCN2C(=O)CCC2=O)C1. The Balaban J connectivity index is 1.72.